The van der Waals surface area contributed by atoms with E-state index in [1.165, 1.54) is 20.1 Å². The Kier molecular flexibility index (Phi) is 5.14. The van der Waals surface area contributed by atoms with Crippen LogP contribution in [-0.4, -0.2) is 21.4 Å². The lowest BCUT2D eigenvalue weighted by molar-refractivity contribution is -0.114. The molecule has 0 aromatic heterocycles. The minimum Gasteiger partial charge on any atom is -0.495 e. The zero-order valence-corrected chi connectivity index (χ0v) is 14.8. The molecule has 6 nitrogen and oxygen atoms in total. The van der Waals surface area contributed by atoms with Crippen LogP contribution in [0.2, 0.25) is 0 Å². The summed E-state index contributed by atoms with van der Waals surface area (Å²) in [6.45, 7) is 4.94. The molecule has 0 fully saturated rings. The number of carbonyl (C=O) groups is 1. The molecular weight excluding hydrogens is 328 g/mol. The molecule has 2 N–H and O–H groups in total. The van der Waals surface area contributed by atoms with Gasteiger partial charge in [0.2, 0.25) is 5.91 Å². The summed E-state index contributed by atoms with van der Waals surface area (Å²) in [5, 5.41) is 2.61. The summed E-state index contributed by atoms with van der Waals surface area (Å²) in [5.41, 5.74) is 2.24. The number of benzene rings is 2. The second-order valence-electron chi connectivity index (χ2n) is 5.47. The minimum atomic E-state index is -3.73. The minimum absolute atomic E-state index is 0.222. The molecule has 1 amide bonds. The quantitative estimate of drug-likeness (QED) is 0.870. The van der Waals surface area contributed by atoms with Crippen LogP contribution in [0.5, 0.6) is 5.75 Å². The third kappa shape index (κ3) is 4.05. The van der Waals surface area contributed by atoms with Gasteiger partial charge in [0, 0.05) is 6.92 Å². The standard InChI is InChI=1S/C17H20N2O4S/c1-11-5-6-12(2)17(9-11)24(21,22)19-14-7-8-16(23-4)15(10-14)18-13(3)20/h5-10,19H,1-4H3,(H,18,20). The van der Waals surface area contributed by atoms with Crippen molar-refractivity contribution in [2.24, 2.45) is 0 Å². The van der Waals surface area contributed by atoms with Crippen molar-refractivity contribution in [3.05, 3.63) is 47.5 Å². The van der Waals surface area contributed by atoms with Gasteiger partial charge in [-0.2, -0.15) is 0 Å². The van der Waals surface area contributed by atoms with Crippen LogP contribution in [0.1, 0.15) is 18.1 Å². The fraction of sp³-hybridized carbons (Fsp3) is 0.235. The Morgan fingerprint density at radius 1 is 1.08 bits per heavy atom. The normalized spacial score (nSPS) is 11.0. The van der Waals surface area contributed by atoms with E-state index in [1.54, 1.807) is 31.2 Å². The highest BCUT2D eigenvalue weighted by Gasteiger charge is 2.18. The summed E-state index contributed by atoms with van der Waals surface area (Å²) in [6, 6.07) is 9.93. The van der Waals surface area contributed by atoms with Crippen molar-refractivity contribution in [3.63, 3.8) is 0 Å². The molecule has 0 radical (unpaired) electrons. The van der Waals surface area contributed by atoms with E-state index in [0.29, 0.717) is 22.7 Å². The first kappa shape index (κ1) is 17.8. The van der Waals surface area contributed by atoms with Gasteiger partial charge < -0.3 is 10.1 Å². The van der Waals surface area contributed by atoms with Crippen molar-refractivity contribution >= 4 is 27.3 Å². The first-order chi connectivity index (χ1) is 11.2. The predicted molar refractivity (Wildman–Crippen MR) is 94.0 cm³/mol. The summed E-state index contributed by atoms with van der Waals surface area (Å²) in [5.74, 6) is 0.169. The molecule has 0 aliphatic rings. The van der Waals surface area contributed by atoms with E-state index in [4.69, 9.17) is 4.74 Å². The fourth-order valence-electron chi connectivity index (χ4n) is 2.27. The SMILES string of the molecule is COc1ccc(NS(=O)(=O)c2cc(C)ccc2C)cc1NC(C)=O. The molecule has 2 rings (SSSR count). The zero-order valence-electron chi connectivity index (χ0n) is 14.0. The number of ether oxygens (including phenoxy) is 1. The van der Waals surface area contributed by atoms with Crippen molar-refractivity contribution in [3.8, 4) is 5.75 Å². The molecule has 0 saturated carbocycles. The number of sulfonamides is 1. The van der Waals surface area contributed by atoms with E-state index in [2.05, 4.69) is 10.0 Å². The Morgan fingerprint density at radius 3 is 2.42 bits per heavy atom. The summed E-state index contributed by atoms with van der Waals surface area (Å²) >= 11 is 0. The number of hydrogen-bond acceptors (Lipinski definition) is 4. The van der Waals surface area contributed by atoms with Gasteiger partial charge in [-0.05, 0) is 49.2 Å². The maximum absolute atomic E-state index is 12.6. The van der Waals surface area contributed by atoms with Crippen molar-refractivity contribution in [2.45, 2.75) is 25.7 Å². The van der Waals surface area contributed by atoms with E-state index in [-0.39, 0.29) is 10.8 Å². The number of hydrogen-bond donors (Lipinski definition) is 2. The molecule has 0 saturated heterocycles. The van der Waals surface area contributed by atoms with Gasteiger partial charge >= 0.3 is 0 Å². The number of methoxy groups -OCH3 is 1. The van der Waals surface area contributed by atoms with Gasteiger partial charge in [0.25, 0.3) is 10.0 Å². The van der Waals surface area contributed by atoms with Crippen LogP contribution in [-0.2, 0) is 14.8 Å². The second kappa shape index (κ2) is 6.92. The van der Waals surface area contributed by atoms with Crippen molar-refractivity contribution in [1.82, 2.24) is 0 Å². The summed E-state index contributed by atoms with van der Waals surface area (Å²) in [7, 11) is -2.26. The topological polar surface area (TPSA) is 84.5 Å². The third-order valence-electron chi connectivity index (χ3n) is 3.40. The van der Waals surface area contributed by atoms with Gasteiger partial charge in [0.1, 0.15) is 5.75 Å². The highest BCUT2D eigenvalue weighted by atomic mass is 32.2. The Morgan fingerprint density at radius 2 is 1.79 bits per heavy atom. The number of anilines is 2. The highest BCUT2D eigenvalue weighted by molar-refractivity contribution is 7.92. The van der Waals surface area contributed by atoms with Gasteiger partial charge in [0.05, 0.1) is 23.4 Å². The van der Waals surface area contributed by atoms with Crippen molar-refractivity contribution < 1.29 is 17.9 Å². The smallest absolute Gasteiger partial charge is 0.262 e. The van der Waals surface area contributed by atoms with Crippen LogP contribution in [0.15, 0.2) is 41.3 Å². The number of nitrogens with one attached hydrogen (secondary N) is 2. The molecule has 0 spiro atoms. The van der Waals surface area contributed by atoms with Gasteiger partial charge in [-0.15, -0.1) is 0 Å². The molecule has 0 aliphatic heterocycles. The van der Waals surface area contributed by atoms with Crippen molar-refractivity contribution in [1.29, 1.82) is 0 Å². The molecular formula is C17H20N2O4S. The fourth-order valence-corrected chi connectivity index (χ4v) is 3.65. The van der Waals surface area contributed by atoms with Gasteiger partial charge in [-0.1, -0.05) is 12.1 Å². The molecule has 0 atom stereocenters. The maximum Gasteiger partial charge on any atom is 0.262 e. The van der Waals surface area contributed by atoms with Crippen LogP contribution in [0.25, 0.3) is 0 Å². The van der Waals surface area contributed by atoms with E-state index in [1.807, 2.05) is 13.0 Å². The number of rotatable bonds is 5. The first-order valence-electron chi connectivity index (χ1n) is 7.28. The largest absolute Gasteiger partial charge is 0.495 e. The Bertz CT molecular complexity index is 876. The molecule has 0 unspecified atom stereocenters. The average Bonchev–Trinajstić information content (AvgIpc) is 2.49. The number of aryl methyl sites for hydroxylation is 2. The average molecular weight is 348 g/mol. The molecule has 2 aromatic rings. The number of amides is 1. The van der Waals surface area contributed by atoms with E-state index in [0.717, 1.165) is 5.56 Å². The predicted octanol–water partition coefficient (Wildman–Crippen LogP) is 3.07. The van der Waals surface area contributed by atoms with Crippen LogP contribution < -0.4 is 14.8 Å². The molecule has 0 aliphatic carbocycles. The van der Waals surface area contributed by atoms with Crippen LogP contribution in [0.3, 0.4) is 0 Å². The lowest BCUT2D eigenvalue weighted by atomic mass is 10.2. The van der Waals surface area contributed by atoms with E-state index < -0.39 is 10.0 Å². The van der Waals surface area contributed by atoms with Gasteiger partial charge in [0.15, 0.2) is 0 Å². The Balaban J connectivity index is 2.39. The third-order valence-corrected chi connectivity index (χ3v) is 4.92. The second-order valence-corrected chi connectivity index (χ2v) is 7.12. The first-order valence-corrected chi connectivity index (χ1v) is 8.77. The maximum atomic E-state index is 12.6. The lowest BCUT2D eigenvalue weighted by Gasteiger charge is -2.14. The summed E-state index contributed by atoms with van der Waals surface area (Å²) in [6.07, 6.45) is 0. The summed E-state index contributed by atoms with van der Waals surface area (Å²) in [4.78, 5) is 11.5. The van der Waals surface area contributed by atoms with E-state index in [9.17, 15) is 13.2 Å². The van der Waals surface area contributed by atoms with Crippen LogP contribution in [0, 0.1) is 13.8 Å². The number of carbonyl (C=O) groups excluding carboxylic acids is 1. The molecule has 7 heteroatoms. The monoisotopic (exact) mass is 348 g/mol. The van der Waals surface area contributed by atoms with Gasteiger partial charge in [-0.25, -0.2) is 8.42 Å². The Hall–Kier alpha value is -2.54. The molecule has 24 heavy (non-hydrogen) atoms. The van der Waals surface area contributed by atoms with E-state index >= 15 is 0 Å². The molecule has 128 valence electrons. The summed E-state index contributed by atoms with van der Waals surface area (Å²) < 4.78 is 33.0. The Labute approximate surface area is 141 Å². The lowest BCUT2D eigenvalue weighted by Crippen LogP contribution is -2.15. The van der Waals surface area contributed by atoms with Crippen LogP contribution in [0.4, 0.5) is 11.4 Å². The highest BCUT2D eigenvalue weighted by Crippen LogP contribution is 2.29. The molecule has 0 bridgehead atoms. The molecule has 2 aromatic carbocycles. The molecule has 0 heterocycles. The van der Waals surface area contributed by atoms with Crippen LogP contribution >= 0.6 is 0 Å². The van der Waals surface area contributed by atoms with Gasteiger partial charge in [-0.3, -0.25) is 9.52 Å². The van der Waals surface area contributed by atoms with Crippen molar-refractivity contribution in [2.75, 3.05) is 17.1 Å². The zero-order chi connectivity index (χ0) is 17.9.